The molecule has 0 aliphatic carbocycles. The number of carbonyl (C=O) groups is 1. The Bertz CT molecular complexity index is 470. The van der Waals surface area contributed by atoms with Gasteiger partial charge in [0.15, 0.2) is 6.29 Å². The van der Waals surface area contributed by atoms with Crippen LogP contribution in [-0.4, -0.2) is 16.3 Å². The number of rotatable bonds is 1. The van der Waals surface area contributed by atoms with E-state index in [1.54, 1.807) is 24.4 Å². The molecule has 0 aliphatic heterocycles. The summed E-state index contributed by atoms with van der Waals surface area (Å²) in [6.07, 6.45) is 2.29. The van der Waals surface area contributed by atoms with E-state index < -0.39 is 0 Å². The largest absolute Gasteiger partial charge is 0.296 e. The van der Waals surface area contributed by atoms with Crippen LogP contribution in [0.2, 0.25) is 5.02 Å². The fraction of sp³-hybridized carbons (Fsp3) is 0. The topological polar surface area (TPSA) is 42.9 Å². The average Bonchev–Trinajstić information content (AvgIpc) is 2.18. The number of aldehydes is 1. The summed E-state index contributed by atoms with van der Waals surface area (Å²) in [7, 11) is 0. The molecule has 0 bridgehead atoms. The molecule has 0 atom stereocenters. The summed E-state index contributed by atoms with van der Waals surface area (Å²) in [4.78, 5) is 18.5. The van der Waals surface area contributed by atoms with Gasteiger partial charge in [-0.2, -0.15) is 0 Å². The monoisotopic (exact) mass is 192 g/mol. The number of pyridine rings is 2. The molecule has 0 radical (unpaired) electrons. The lowest BCUT2D eigenvalue weighted by Gasteiger charge is -1.98. The van der Waals surface area contributed by atoms with E-state index in [2.05, 4.69) is 9.97 Å². The Morgan fingerprint density at radius 3 is 2.92 bits per heavy atom. The Morgan fingerprint density at radius 2 is 2.15 bits per heavy atom. The van der Waals surface area contributed by atoms with Crippen molar-refractivity contribution in [3.63, 3.8) is 0 Å². The first kappa shape index (κ1) is 8.13. The number of halogens is 1. The van der Waals surface area contributed by atoms with Crippen LogP contribution >= 0.6 is 11.6 Å². The van der Waals surface area contributed by atoms with Gasteiger partial charge >= 0.3 is 0 Å². The van der Waals surface area contributed by atoms with Crippen LogP contribution in [0.1, 0.15) is 10.5 Å². The fourth-order valence-corrected chi connectivity index (χ4v) is 1.27. The van der Waals surface area contributed by atoms with Crippen molar-refractivity contribution < 1.29 is 4.79 Å². The second kappa shape index (κ2) is 3.11. The molecule has 13 heavy (non-hydrogen) atoms. The second-order valence-corrected chi connectivity index (χ2v) is 2.92. The number of hydrogen-bond acceptors (Lipinski definition) is 3. The summed E-state index contributed by atoms with van der Waals surface area (Å²) in [6, 6.07) is 4.97. The van der Waals surface area contributed by atoms with Gasteiger partial charge in [0.2, 0.25) is 0 Å². The molecule has 0 N–H and O–H groups in total. The van der Waals surface area contributed by atoms with Gasteiger partial charge in [0.25, 0.3) is 0 Å². The van der Waals surface area contributed by atoms with Crippen molar-refractivity contribution in [3.05, 3.63) is 35.1 Å². The second-order valence-electron chi connectivity index (χ2n) is 2.51. The van der Waals surface area contributed by atoms with E-state index in [1.807, 2.05) is 0 Å². The highest BCUT2D eigenvalue weighted by atomic mass is 35.5. The lowest BCUT2D eigenvalue weighted by Crippen LogP contribution is -1.89. The predicted molar refractivity (Wildman–Crippen MR) is 49.9 cm³/mol. The molecule has 2 aromatic rings. The quantitative estimate of drug-likeness (QED) is 0.650. The van der Waals surface area contributed by atoms with Crippen LogP contribution < -0.4 is 0 Å². The van der Waals surface area contributed by atoms with E-state index in [-0.39, 0.29) is 0 Å². The summed E-state index contributed by atoms with van der Waals surface area (Å²) < 4.78 is 0. The average molecular weight is 193 g/mol. The van der Waals surface area contributed by atoms with Gasteiger partial charge in [0, 0.05) is 6.20 Å². The van der Waals surface area contributed by atoms with Crippen LogP contribution in [-0.2, 0) is 0 Å². The Labute approximate surface area is 79.4 Å². The van der Waals surface area contributed by atoms with Crippen molar-refractivity contribution in [2.24, 2.45) is 0 Å². The van der Waals surface area contributed by atoms with E-state index >= 15 is 0 Å². The Morgan fingerprint density at radius 1 is 1.31 bits per heavy atom. The molecule has 0 fully saturated rings. The normalized spacial score (nSPS) is 10.2. The predicted octanol–water partition coefficient (Wildman–Crippen LogP) is 2.10. The summed E-state index contributed by atoms with van der Waals surface area (Å²) in [6.45, 7) is 0. The number of nitrogens with zero attached hydrogens (tertiary/aromatic N) is 2. The van der Waals surface area contributed by atoms with Crippen molar-refractivity contribution >= 4 is 28.9 Å². The molecule has 0 spiro atoms. The molecule has 2 heterocycles. The minimum atomic E-state index is 0.363. The Hall–Kier alpha value is -1.48. The molecule has 3 nitrogen and oxygen atoms in total. The van der Waals surface area contributed by atoms with Crippen LogP contribution in [0.5, 0.6) is 0 Å². The van der Waals surface area contributed by atoms with Crippen molar-refractivity contribution in [1.82, 2.24) is 9.97 Å². The van der Waals surface area contributed by atoms with Crippen LogP contribution in [0.3, 0.4) is 0 Å². The van der Waals surface area contributed by atoms with Gasteiger partial charge in [-0.3, -0.25) is 9.78 Å². The summed E-state index contributed by atoms with van der Waals surface area (Å²) >= 11 is 5.87. The number of hydrogen-bond donors (Lipinski definition) is 0. The summed E-state index contributed by atoms with van der Waals surface area (Å²) in [5.41, 5.74) is 1.62. The van der Waals surface area contributed by atoms with Gasteiger partial charge in [-0.05, 0) is 18.2 Å². The third-order valence-corrected chi connectivity index (χ3v) is 1.98. The first-order valence-corrected chi connectivity index (χ1v) is 4.05. The fourth-order valence-electron chi connectivity index (χ4n) is 1.07. The van der Waals surface area contributed by atoms with Gasteiger partial charge in [-0.1, -0.05) is 11.6 Å². The van der Waals surface area contributed by atoms with Crippen molar-refractivity contribution in [3.8, 4) is 0 Å². The van der Waals surface area contributed by atoms with Crippen molar-refractivity contribution in [1.29, 1.82) is 0 Å². The lowest BCUT2D eigenvalue weighted by molar-refractivity contribution is 0.111. The Kier molecular flexibility index (Phi) is 1.94. The third-order valence-electron chi connectivity index (χ3n) is 1.68. The van der Waals surface area contributed by atoms with Crippen molar-refractivity contribution in [2.45, 2.75) is 0 Å². The minimum absolute atomic E-state index is 0.363. The van der Waals surface area contributed by atoms with Gasteiger partial charge in [-0.25, -0.2) is 4.98 Å². The third kappa shape index (κ3) is 1.38. The molecular formula is C9H5ClN2O. The molecule has 0 saturated heterocycles. The summed E-state index contributed by atoms with van der Waals surface area (Å²) in [5.74, 6) is 0. The number of fused-ring (bicyclic) bond motifs is 1. The number of carbonyl (C=O) groups excluding carboxylic acids is 1. The molecular weight excluding hydrogens is 188 g/mol. The maximum Gasteiger partial charge on any atom is 0.168 e. The first-order valence-electron chi connectivity index (χ1n) is 3.68. The zero-order chi connectivity index (χ0) is 9.26. The van der Waals surface area contributed by atoms with Gasteiger partial charge < -0.3 is 0 Å². The first-order chi connectivity index (χ1) is 6.31. The highest BCUT2D eigenvalue weighted by Crippen LogP contribution is 2.18. The molecule has 2 rings (SSSR count). The van der Waals surface area contributed by atoms with Crippen LogP contribution in [0, 0.1) is 0 Å². The van der Waals surface area contributed by atoms with Gasteiger partial charge in [0.1, 0.15) is 11.2 Å². The van der Waals surface area contributed by atoms with Crippen LogP contribution in [0.4, 0.5) is 0 Å². The zero-order valence-corrected chi connectivity index (χ0v) is 7.32. The highest BCUT2D eigenvalue weighted by molar-refractivity contribution is 6.34. The molecule has 0 aliphatic rings. The molecule has 0 amide bonds. The van der Waals surface area contributed by atoms with E-state index in [1.165, 1.54) is 0 Å². The lowest BCUT2D eigenvalue weighted by atomic mass is 10.3. The van der Waals surface area contributed by atoms with Crippen molar-refractivity contribution in [2.75, 3.05) is 0 Å². The number of aromatic nitrogens is 2. The zero-order valence-electron chi connectivity index (χ0n) is 6.57. The van der Waals surface area contributed by atoms with E-state index in [9.17, 15) is 4.79 Å². The van der Waals surface area contributed by atoms with E-state index in [4.69, 9.17) is 11.6 Å². The molecule has 0 saturated carbocycles. The molecule has 0 aromatic carbocycles. The standard InChI is InChI=1S/C9H5ClN2O/c10-7-3-4-11-8-2-1-6(5-13)12-9(7)8/h1-5H. The maximum atomic E-state index is 10.4. The molecule has 0 unspecified atom stereocenters. The maximum absolute atomic E-state index is 10.4. The van der Waals surface area contributed by atoms with Gasteiger partial charge in [-0.15, -0.1) is 0 Å². The minimum Gasteiger partial charge on any atom is -0.296 e. The van der Waals surface area contributed by atoms with E-state index in [0.717, 1.165) is 0 Å². The Balaban J connectivity index is 2.81. The summed E-state index contributed by atoms with van der Waals surface area (Å²) in [5, 5.41) is 0.508. The van der Waals surface area contributed by atoms with Gasteiger partial charge in [0.05, 0.1) is 10.5 Å². The smallest absolute Gasteiger partial charge is 0.168 e. The van der Waals surface area contributed by atoms with E-state index in [0.29, 0.717) is 28.0 Å². The highest BCUT2D eigenvalue weighted by Gasteiger charge is 2.01. The van der Waals surface area contributed by atoms with Crippen LogP contribution in [0.15, 0.2) is 24.4 Å². The van der Waals surface area contributed by atoms with Crippen LogP contribution in [0.25, 0.3) is 11.0 Å². The molecule has 4 heteroatoms. The molecule has 64 valence electrons. The molecule has 2 aromatic heterocycles. The SMILES string of the molecule is O=Cc1ccc2nccc(Cl)c2n1.